The summed E-state index contributed by atoms with van der Waals surface area (Å²) in [6, 6.07) is 6.59. The number of carboxylic acid groups (broad SMARTS) is 1. The third-order valence-electron chi connectivity index (χ3n) is 3.44. The van der Waals surface area contributed by atoms with E-state index in [1.54, 1.807) is 25.2 Å². The predicted molar refractivity (Wildman–Crippen MR) is 73.3 cm³/mol. The summed E-state index contributed by atoms with van der Waals surface area (Å²) in [5.41, 5.74) is 0.610. The van der Waals surface area contributed by atoms with Gasteiger partial charge < -0.3 is 10.0 Å². The molecular formula is C15H17NO3. The van der Waals surface area contributed by atoms with Crippen molar-refractivity contribution in [3.05, 3.63) is 42.0 Å². The second kappa shape index (κ2) is 5.69. The standard InChI is InChI=1S/C15H17NO3/c1-16(14(17)11-7-3-2-4-8-11)13-10-6-5-9-12(13)15(18)19/h2-3,5-6,9-11H,4,7-8H2,1H3,(H,18,19). The summed E-state index contributed by atoms with van der Waals surface area (Å²) in [5.74, 6) is -1.08. The fourth-order valence-corrected chi connectivity index (χ4v) is 2.36. The first-order valence-corrected chi connectivity index (χ1v) is 6.36. The molecule has 4 nitrogen and oxygen atoms in total. The molecule has 0 aliphatic heterocycles. The maximum absolute atomic E-state index is 12.4. The normalized spacial score (nSPS) is 18.1. The molecule has 1 aromatic rings. The predicted octanol–water partition coefficient (Wildman–Crippen LogP) is 2.70. The zero-order chi connectivity index (χ0) is 13.8. The van der Waals surface area contributed by atoms with Gasteiger partial charge in [-0.05, 0) is 31.4 Å². The number of hydrogen-bond acceptors (Lipinski definition) is 2. The zero-order valence-electron chi connectivity index (χ0n) is 10.9. The number of anilines is 1. The summed E-state index contributed by atoms with van der Waals surface area (Å²) in [6.45, 7) is 0. The second-order valence-electron chi connectivity index (χ2n) is 4.70. The molecule has 1 atom stereocenters. The molecule has 0 saturated heterocycles. The van der Waals surface area contributed by atoms with Gasteiger partial charge in [0.15, 0.2) is 0 Å². The van der Waals surface area contributed by atoms with E-state index in [0.717, 1.165) is 19.3 Å². The van der Waals surface area contributed by atoms with Crippen LogP contribution in [0.3, 0.4) is 0 Å². The van der Waals surface area contributed by atoms with Gasteiger partial charge in [-0.2, -0.15) is 0 Å². The highest BCUT2D eigenvalue weighted by atomic mass is 16.4. The number of carboxylic acids is 1. The Labute approximate surface area is 112 Å². The number of carbonyl (C=O) groups excluding carboxylic acids is 1. The Morgan fingerprint density at radius 1 is 1.26 bits per heavy atom. The first-order valence-electron chi connectivity index (χ1n) is 6.36. The van der Waals surface area contributed by atoms with E-state index in [9.17, 15) is 9.59 Å². The molecule has 19 heavy (non-hydrogen) atoms. The highest BCUT2D eigenvalue weighted by Crippen LogP contribution is 2.25. The lowest BCUT2D eigenvalue weighted by Gasteiger charge is -2.25. The van der Waals surface area contributed by atoms with Crippen molar-refractivity contribution in [2.24, 2.45) is 5.92 Å². The molecule has 1 unspecified atom stereocenters. The molecular weight excluding hydrogens is 242 g/mol. The van der Waals surface area contributed by atoms with Crippen LogP contribution in [0.5, 0.6) is 0 Å². The molecule has 1 aliphatic rings. The van der Waals surface area contributed by atoms with Crippen molar-refractivity contribution in [3.8, 4) is 0 Å². The van der Waals surface area contributed by atoms with Gasteiger partial charge in [0.1, 0.15) is 0 Å². The molecule has 4 heteroatoms. The minimum absolute atomic E-state index is 0.0157. The number of allylic oxidation sites excluding steroid dienone is 2. The maximum Gasteiger partial charge on any atom is 0.337 e. The van der Waals surface area contributed by atoms with Gasteiger partial charge in [-0.1, -0.05) is 24.3 Å². The molecule has 2 rings (SSSR count). The lowest BCUT2D eigenvalue weighted by molar-refractivity contribution is -0.122. The van der Waals surface area contributed by atoms with E-state index in [1.165, 1.54) is 11.0 Å². The zero-order valence-corrected chi connectivity index (χ0v) is 10.9. The quantitative estimate of drug-likeness (QED) is 0.849. The fraction of sp³-hybridized carbons (Fsp3) is 0.333. The van der Waals surface area contributed by atoms with Gasteiger partial charge in [0.05, 0.1) is 11.3 Å². The molecule has 0 saturated carbocycles. The SMILES string of the molecule is CN(C(=O)C1CC=CCC1)c1ccccc1C(=O)O. The average molecular weight is 259 g/mol. The number of benzene rings is 1. The van der Waals surface area contributed by atoms with E-state index in [-0.39, 0.29) is 17.4 Å². The number of hydrogen-bond donors (Lipinski definition) is 1. The summed E-state index contributed by atoms with van der Waals surface area (Å²) >= 11 is 0. The summed E-state index contributed by atoms with van der Waals surface area (Å²) in [7, 11) is 1.64. The van der Waals surface area contributed by atoms with Crippen LogP contribution in [0, 0.1) is 5.92 Å². The van der Waals surface area contributed by atoms with E-state index in [0.29, 0.717) is 5.69 Å². The van der Waals surface area contributed by atoms with Crippen LogP contribution in [0.2, 0.25) is 0 Å². The molecule has 1 amide bonds. The lowest BCUT2D eigenvalue weighted by atomic mass is 9.93. The molecule has 100 valence electrons. The Balaban J connectivity index is 2.23. The van der Waals surface area contributed by atoms with Gasteiger partial charge in [0.25, 0.3) is 0 Å². The van der Waals surface area contributed by atoms with E-state index in [1.807, 2.05) is 6.08 Å². The van der Waals surface area contributed by atoms with Gasteiger partial charge in [0.2, 0.25) is 5.91 Å². The van der Waals surface area contributed by atoms with Gasteiger partial charge in [-0.15, -0.1) is 0 Å². The third kappa shape index (κ3) is 2.84. The fourth-order valence-electron chi connectivity index (χ4n) is 2.36. The smallest absolute Gasteiger partial charge is 0.337 e. The van der Waals surface area contributed by atoms with Crippen molar-refractivity contribution >= 4 is 17.6 Å². The topological polar surface area (TPSA) is 57.6 Å². The van der Waals surface area contributed by atoms with Crippen molar-refractivity contribution in [3.63, 3.8) is 0 Å². The van der Waals surface area contributed by atoms with Crippen molar-refractivity contribution in [2.75, 3.05) is 11.9 Å². The number of aromatic carboxylic acids is 1. The van der Waals surface area contributed by atoms with E-state index in [2.05, 4.69) is 6.08 Å². The largest absolute Gasteiger partial charge is 0.478 e. The molecule has 0 spiro atoms. The van der Waals surface area contributed by atoms with Gasteiger partial charge in [0, 0.05) is 13.0 Å². The van der Waals surface area contributed by atoms with Crippen molar-refractivity contribution < 1.29 is 14.7 Å². The average Bonchev–Trinajstić information content (AvgIpc) is 2.46. The van der Waals surface area contributed by atoms with Crippen LogP contribution < -0.4 is 4.90 Å². The first kappa shape index (κ1) is 13.3. The van der Waals surface area contributed by atoms with Crippen LogP contribution in [-0.2, 0) is 4.79 Å². The molecule has 0 bridgehead atoms. The minimum Gasteiger partial charge on any atom is -0.478 e. The van der Waals surface area contributed by atoms with Crippen LogP contribution in [-0.4, -0.2) is 24.0 Å². The molecule has 0 aromatic heterocycles. The Kier molecular flexibility index (Phi) is 4.00. The van der Waals surface area contributed by atoms with Crippen LogP contribution in [0.4, 0.5) is 5.69 Å². The van der Waals surface area contributed by atoms with Crippen LogP contribution >= 0.6 is 0 Å². The van der Waals surface area contributed by atoms with Gasteiger partial charge >= 0.3 is 5.97 Å². The Morgan fingerprint density at radius 2 is 2.00 bits per heavy atom. The number of para-hydroxylation sites is 1. The van der Waals surface area contributed by atoms with Crippen molar-refractivity contribution in [1.82, 2.24) is 0 Å². The molecule has 1 N–H and O–H groups in total. The highest BCUT2D eigenvalue weighted by Gasteiger charge is 2.25. The Morgan fingerprint density at radius 3 is 2.63 bits per heavy atom. The van der Waals surface area contributed by atoms with Crippen molar-refractivity contribution in [2.45, 2.75) is 19.3 Å². The minimum atomic E-state index is -1.02. The van der Waals surface area contributed by atoms with E-state index < -0.39 is 5.97 Å². The van der Waals surface area contributed by atoms with Gasteiger partial charge in [-0.3, -0.25) is 4.79 Å². The number of carbonyl (C=O) groups is 2. The second-order valence-corrected chi connectivity index (χ2v) is 4.70. The molecule has 0 radical (unpaired) electrons. The summed E-state index contributed by atoms with van der Waals surface area (Å²) in [4.78, 5) is 25.0. The van der Waals surface area contributed by atoms with E-state index in [4.69, 9.17) is 5.11 Å². The lowest BCUT2D eigenvalue weighted by Crippen LogP contribution is -2.34. The van der Waals surface area contributed by atoms with Crippen molar-refractivity contribution in [1.29, 1.82) is 0 Å². The maximum atomic E-state index is 12.4. The molecule has 0 heterocycles. The Hall–Kier alpha value is -2.10. The summed E-state index contributed by atoms with van der Waals surface area (Å²) in [5, 5.41) is 9.16. The Bertz CT molecular complexity index is 522. The van der Waals surface area contributed by atoms with Gasteiger partial charge in [-0.25, -0.2) is 4.79 Å². The molecule has 1 aromatic carbocycles. The molecule has 0 fully saturated rings. The molecule has 1 aliphatic carbocycles. The van der Waals surface area contributed by atoms with Crippen LogP contribution in [0.25, 0.3) is 0 Å². The first-order chi connectivity index (χ1) is 9.11. The van der Waals surface area contributed by atoms with Crippen LogP contribution in [0.1, 0.15) is 29.6 Å². The number of rotatable bonds is 3. The van der Waals surface area contributed by atoms with Crippen LogP contribution in [0.15, 0.2) is 36.4 Å². The highest BCUT2D eigenvalue weighted by molar-refractivity contribution is 6.02. The number of amides is 1. The third-order valence-corrected chi connectivity index (χ3v) is 3.44. The summed E-state index contributed by atoms with van der Waals surface area (Å²) in [6.07, 6.45) is 6.57. The number of nitrogens with zero attached hydrogens (tertiary/aromatic N) is 1. The monoisotopic (exact) mass is 259 g/mol. The van der Waals surface area contributed by atoms with E-state index >= 15 is 0 Å². The summed E-state index contributed by atoms with van der Waals surface area (Å²) < 4.78 is 0.